The molecule has 0 saturated heterocycles. The largest absolute Gasteiger partial charge is 0.426 e. The van der Waals surface area contributed by atoms with Crippen LogP contribution in [-0.2, 0) is 17.6 Å². The molecule has 0 amide bonds. The average molecular weight is 270 g/mol. The highest BCUT2D eigenvalue weighted by Crippen LogP contribution is 2.36. The Morgan fingerprint density at radius 2 is 1.70 bits per heavy atom. The van der Waals surface area contributed by atoms with E-state index in [1.807, 2.05) is 0 Å². The van der Waals surface area contributed by atoms with Gasteiger partial charge < -0.3 is 4.74 Å². The van der Waals surface area contributed by atoms with Gasteiger partial charge in [-0.25, -0.2) is 0 Å². The van der Waals surface area contributed by atoms with Crippen LogP contribution in [0.3, 0.4) is 0 Å². The van der Waals surface area contributed by atoms with Gasteiger partial charge in [0.2, 0.25) is 0 Å². The monoisotopic (exact) mass is 270 g/mol. The molecule has 0 atom stereocenters. The molecule has 0 bridgehead atoms. The molecule has 0 aliphatic heterocycles. The molecule has 0 fully saturated rings. The van der Waals surface area contributed by atoms with Gasteiger partial charge in [0.25, 0.3) is 0 Å². The Morgan fingerprint density at radius 1 is 1.05 bits per heavy atom. The molecule has 0 heterocycles. The van der Waals surface area contributed by atoms with Crippen molar-refractivity contribution < 1.29 is 19.1 Å². The molecule has 3 rings (SSSR count). The summed E-state index contributed by atoms with van der Waals surface area (Å²) in [7, 11) is 0. The predicted octanol–water partition coefficient (Wildman–Crippen LogP) is 2.43. The summed E-state index contributed by atoms with van der Waals surface area (Å²) in [6.07, 6.45) is 6.25. The van der Waals surface area contributed by atoms with Crippen LogP contribution in [-0.4, -0.2) is 17.5 Å². The third kappa shape index (κ3) is 1.97. The SMILES string of the molecule is CC(=O)Oc1cc2c(c3c1C(=O)C=CC3=O)CCCC2. The number of aryl methyl sites for hydroxylation is 1. The molecule has 0 aromatic heterocycles. The summed E-state index contributed by atoms with van der Waals surface area (Å²) in [5.74, 6) is -0.718. The van der Waals surface area contributed by atoms with Crippen molar-refractivity contribution in [2.45, 2.75) is 32.6 Å². The average Bonchev–Trinajstić information content (AvgIpc) is 2.41. The number of hydrogen-bond acceptors (Lipinski definition) is 4. The number of carbonyl (C=O) groups excluding carboxylic acids is 3. The summed E-state index contributed by atoms with van der Waals surface area (Å²) < 4.78 is 5.15. The van der Waals surface area contributed by atoms with Crippen molar-refractivity contribution in [3.05, 3.63) is 40.5 Å². The second kappa shape index (κ2) is 4.71. The Bertz CT molecular complexity index is 668. The van der Waals surface area contributed by atoms with Gasteiger partial charge in [0, 0.05) is 12.5 Å². The van der Waals surface area contributed by atoms with Gasteiger partial charge in [0.05, 0.1) is 5.56 Å². The molecule has 20 heavy (non-hydrogen) atoms. The zero-order valence-electron chi connectivity index (χ0n) is 11.2. The normalized spacial score (nSPS) is 16.6. The van der Waals surface area contributed by atoms with Crippen LogP contribution in [0.2, 0.25) is 0 Å². The van der Waals surface area contributed by atoms with Crippen LogP contribution in [0.25, 0.3) is 0 Å². The van der Waals surface area contributed by atoms with Gasteiger partial charge in [-0.3, -0.25) is 14.4 Å². The number of hydrogen-bond donors (Lipinski definition) is 0. The molecular weight excluding hydrogens is 256 g/mol. The highest BCUT2D eigenvalue weighted by molar-refractivity contribution is 6.24. The summed E-state index contributed by atoms with van der Waals surface area (Å²) >= 11 is 0. The second-order valence-electron chi connectivity index (χ2n) is 5.12. The van der Waals surface area contributed by atoms with E-state index in [2.05, 4.69) is 0 Å². The molecule has 102 valence electrons. The quantitative estimate of drug-likeness (QED) is 0.581. The van der Waals surface area contributed by atoms with Crippen LogP contribution in [0, 0.1) is 0 Å². The van der Waals surface area contributed by atoms with Gasteiger partial charge >= 0.3 is 5.97 Å². The van der Waals surface area contributed by atoms with E-state index in [0.717, 1.165) is 36.8 Å². The summed E-state index contributed by atoms with van der Waals surface area (Å²) in [4.78, 5) is 35.5. The van der Waals surface area contributed by atoms with E-state index >= 15 is 0 Å². The lowest BCUT2D eigenvalue weighted by molar-refractivity contribution is -0.131. The zero-order chi connectivity index (χ0) is 14.3. The van der Waals surface area contributed by atoms with Crippen LogP contribution in [0.15, 0.2) is 18.2 Å². The van der Waals surface area contributed by atoms with Gasteiger partial charge in [0.1, 0.15) is 5.75 Å². The third-order valence-electron chi connectivity index (χ3n) is 3.75. The predicted molar refractivity (Wildman–Crippen MR) is 72.2 cm³/mol. The Morgan fingerprint density at radius 3 is 2.40 bits per heavy atom. The van der Waals surface area contributed by atoms with Crippen molar-refractivity contribution >= 4 is 17.5 Å². The molecule has 2 aliphatic carbocycles. The number of ether oxygens (including phenoxy) is 1. The second-order valence-corrected chi connectivity index (χ2v) is 5.12. The Hall–Kier alpha value is -2.23. The minimum atomic E-state index is -0.488. The molecule has 4 nitrogen and oxygen atoms in total. The fourth-order valence-corrected chi connectivity index (χ4v) is 2.95. The lowest BCUT2D eigenvalue weighted by Crippen LogP contribution is -2.20. The van der Waals surface area contributed by atoms with Crippen molar-refractivity contribution in [3.8, 4) is 5.75 Å². The van der Waals surface area contributed by atoms with Gasteiger partial charge in [-0.1, -0.05) is 0 Å². The molecule has 1 aromatic carbocycles. The summed E-state index contributed by atoms with van der Waals surface area (Å²) in [5.41, 5.74) is 2.65. The Labute approximate surface area is 116 Å². The van der Waals surface area contributed by atoms with E-state index in [-0.39, 0.29) is 22.9 Å². The minimum Gasteiger partial charge on any atom is -0.426 e. The van der Waals surface area contributed by atoms with Crippen LogP contribution in [0.1, 0.15) is 51.6 Å². The van der Waals surface area contributed by atoms with Gasteiger partial charge in [-0.15, -0.1) is 0 Å². The van der Waals surface area contributed by atoms with Crippen LogP contribution in [0.4, 0.5) is 0 Å². The molecule has 0 unspecified atom stereocenters. The Balaban J connectivity index is 2.28. The van der Waals surface area contributed by atoms with E-state index in [0.29, 0.717) is 5.56 Å². The number of carbonyl (C=O) groups is 3. The van der Waals surface area contributed by atoms with Gasteiger partial charge in [-0.2, -0.15) is 0 Å². The van der Waals surface area contributed by atoms with Crippen LogP contribution < -0.4 is 4.74 Å². The van der Waals surface area contributed by atoms with Crippen LogP contribution >= 0.6 is 0 Å². The Kier molecular flexibility index (Phi) is 3.01. The van der Waals surface area contributed by atoms with E-state index in [1.165, 1.54) is 19.1 Å². The van der Waals surface area contributed by atoms with Crippen molar-refractivity contribution in [1.29, 1.82) is 0 Å². The van der Waals surface area contributed by atoms with Crippen LogP contribution in [0.5, 0.6) is 5.75 Å². The summed E-state index contributed by atoms with van der Waals surface area (Å²) in [5, 5.41) is 0. The van der Waals surface area contributed by atoms with Gasteiger partial charge in [-0.05, 0) is 55.0 Å². The lowest BCUT2D eigenvalue weighted by atomic mass is 9.81. The molecule has 0 saturated carbocycles. The van der Waals surface area contributed by atoms with E-state index in [4.69, 9.17) is 4.74 Å². The molecule has 2 aliphatic rings. The number of allylic oxidation sites excluding steroid dienone is 2. The van der Waals surface area contributed by atoms with Crippen molar-refractivity contribution in [2.24, 2.45) is 0 Å². The first-order valence-corrected chi connectivity index (χ1v) is 6.72. The van der Waals surface area contributed by atoms with Gasteiger partial charge in [0.15, 0.2) is 11.6 Å². The number of fused-ring (bicyclic) bond motifs is 3. The van der Waals surface area contributed by atoms with E-state index < -0.39 is 5.97 Å². The van der Waals surface area contributed by atoms with Crippen molar-refractivity contribution in [1.82, 2.24) is 0 Å². The zero-order valence-corrected chi connectivity index (χ0v) is 11.2. The number of benzene rings is 1. The number of ketones is 2. The first-order valence-electron chi connectivity index (χ1n) is 6.72. The lowest BCUT2D eigenvalue weighted by Gasteiger charge is -2.23. The fourth-order valence-electron chi connectivity index (χ4n) is 2.95. The highest BCUT2D eigenvalue weighted by Gasteiger charge is 2.30. The molecule has 0 spiro atoms. The maximum atomic E-state index is 12.2. The minimum absolute atomic E-state index is 0.174. The first-order chi connectivity index (χ1) is 9.58. The van der Waals surface area contributed by atoms with E-state index in [9.17, 15) is 14.4 Å². The third-order valence-corrected chi connectivity index (χ3v) is 3.75. The summed E-state index contributed by atoms with van der Waals surface area (Å²) in [6, 6.07) is 1.75. The molecule has 4 heteroatoms. The summed E-state index contributed by atoms with van der Waals surface area (Å²) in [6.45, 7) is 1.29. The van der Waals surface area contributed by atoms with E-state index in [1.54, 1.807) is 6.07 Å². The number of esters is 1. The molecular formula is C16H14O4. The molecule has 1 aromatic rings. The fraction of sp³-hybridized carbons (Fsp3) is 0.312. The van der Waals surface area contributed by atoms with Crippen molar-refractivity contribution in [3.63, 3.8) is 0 Å². The maximum absolute atomic E-state index is 12.2. The topological polar surface area (TPSA) is 60.4 Å². The van der Waals surface area contributed by atoms with Crippen molar-refractivity contribution in [2.75, 3.05) is 0 Å². The molecule has 0 N–H and O–H groups in total. The first kappa shape index (κ1) is 12.8. The smallest absolute Gasteiger partial charge is 0.308 e. The maximum Gasteiger partial charge on any atom is 0.308 e. The molecule has 0 radical (unpaired) electrons. The standard InChI is InChI=1S/C16H14O4/c1-9(17)20-14-8-10-4-2-3-5-11(10)15-12(18)6-7-13(19)16(14)15/h6-8H,2-5H2,1H3. The highest BCUT2D eigenvalue weighted by atomic mass is 16.5. The number of rotatable bonds is 1.